The highest BCUT2D eigenvalue weighted by Gasteiger charge is 2.32. The van der Waals surface area contributed by atoms with Crippen molar-refractivity contribution in [3.8, 4) is 11.5 Å². The number of hydrogen-bond donors (Lipinski definition) is 0. The number of piperazine rings is 1. The fourth-order valence-electron chi connectivity index (χ4n) is 3.15. The van der Waals surface area contributed by atoms with Crippen molar-refractivity contribution in [1.82, 2.24) is 9.80 Å². The SMILES string of the molecule is CCOc1cc(CCCN2CCN(C)CC2)ccc1OC(=O)C1CC1. The molecule has 1 aromatic rings. The van der Waals surface area contributed by atoms with Crippen molar-refractivity contribution >= 4 is 5.97 Å². The van der Waals surface area contributed by atoms with E-state index in [2.05, 4.69) is 22.9 Å². The molecule has 0 aromatic heterocycles. The van der Waals surface area contributed by atoms with Gasteiger partial charge >= 0.3 is 5.97 Å². The van der Waals surface area contributed by atoms with Crippen LogP contribution in [0.4, 0.5) is 0 Å². The van der Waals surface area contributed by atoms with Crippen LogP contribution in [-0.4, -0.2) is 62.1 Å². The lowest BCUT2D eigenvalue weighted by Crippen LogP contribution is -2.44. The molecule has 5 nitrogen and oxygen atoms in total. The number of hydrogen-bond acceptors (Lipinski definition) is 5. The third-order valence-corrected chi connectivity index (χ3v) is 4.96. The van der Waals surface area contributed by atoms with Gasteiger partial charge in [0.1, 0.15) is 0 Å². The number of carbonyl (C=O) groups is 1. The zero-order valence-electron chi connectivity index (χ0n) is 15.5. The first-order chi connectivity index (χ1) is 12.2. The van der Waals surface area contributed by atoms with E-state index in [1.165, 1.54) is 5.56 Å². The molecule has 1 saturated carbocycles. The Morgan fingerprint density at radius 3 is 2.60 bits per heavy atom. The molecule has 1 heterocycles. The summed E-state index contributed by atoms with van der Waals surface area (Å²) in [5.74, 6) is 1.22. The molecule has 0 unspecified atom stereocenters. The van der Waals surface area contributed by atoms with Crippen molar-refractivity contribution in [2.24, 2.45) is 5.92 Å². The second-order valence-corrected chi connectivity index (χ2v) is 7.16. The highest BCUT2D eigenvalue weighted by molar-refractivity contribution is 5.78. The summed E-state index contributed by atoms with van der Waals surface area (Å²) in [6, 6.07) is 5.97. The molecule has 1 aliphatic heterocycles. The number of aryl methyl sites for hydroxylation is 1. The number of rotatable bonds is 8. The average molecular weight is 346 g/mol. The number of esters is 1. The molecule has 1 aliphatic carbocycles. The highest BCUT2D eigenvalue weighted by atomic mass is 16.6. The first kappa shape index (κ1) is 18.2. The van der Waals surface area contributed by atoms with Crippen molar-refractivity contribution < 1.29 is 14.3 Å². The molecule has 0 radical (unpaired) electrons. The van der Waals surface area contributed by atoms with E-state index in [0.29, 0.717) is 18.1 Å². The van der Waals surface area contributed by atoms with Crippen LogP contribution in [-0.2, 0) is 11.2 Å². The minimum atomic E-state index is -0.122. The van der Waals surface area contributed by atoms with Gasteiger partial charge in [-0.1, -0.05) is 6.07 Å². The largest absolute Gasteiger partial charge is 0.490 e. The third kappa shape index (κ3) is 5.44. The topological polar surface area (TPSA) is 42.0 Å². The highest BCUT2D eigenvalue weighted by Crippen LogP contribution is 2.34. The normalized spacial score (nSPS) is 19.0. The summed E-state index contributed by atoms with van der Waals surface area (Å²) in [4.78, 5) is 16.8. The van der Waals surface area contributed by atoms with Gasteiger partial charge in [-0.25, -0.2) is 0 Å². The lowest BCUT2D eigenvalue weighted by molar-refractivity contribution is -0.135. The molecule has 0 atom stereocenters. The maximum absolute atomic E-state index is 11.9. The fraction of sp³-hybridized carbons (Fsp3) is 0.650. The summed E-state index contributed by atoms with van der Waals surface area (Å²) in [5.41, 5.74) is 1.24. The molecule has 0 N–H and O–H groups in total. The van der Waals surface area contributed by atoms with E-state index in [4.69, 9.17) is 9.47 Å². The second kappa shape index (κ2) is 8.68. The number of likely N-dealkylation sites (N-methyl/N-ethyl adjacent to an activating group) is 1. The molecule has 0 spiro atoms. The Hall–Kier alpha value is -1.59. The smallest absolute Gasteiger partial charge is 0.314 e. The first-order valence-corrected chi connectivity index (χ1v) is 9.54. The predicted molar refractivity (Wildman–Crippen MR) is 98.2 cm³/mol. The minimum absolute atomic E-state index is 0.0951. The molecule has 3 rings (SSSR count). The van der Waals surface area contributed by atoms with Gasteiger partial charge in [0.25, 0.3) is 0 Å². The molecule has 1 saturated heterocycles. The van der Waals surface area contributed by atoms with E-state index < -0.39 is 0 Å². The summed E-state index contributed by atoms with van der Waals surface area (Å²) in [7, 11) is 2.18. The van der Waals surface area contributed by atoms with Crippen LogP contribution in [0.3, 0.4) is 0 Å². The van der Waals surface area contributed by atoms with Crippen LogP contribution in [0.25, 0.3) is 0 Å². The van der Waals surface area contributed by atoms with Crippen LogP contribution in [0.5, 0.6) is 11.5 Å². The second-order valence-electron chi connectivity index (χ2n) is 7.16. The Labute approximate surface area is 150 Å². The quantitative estimate of drug-likeness (QED) is 0.535. The standard InChI is InChI=1S/C20H30N2O3/c1-3-24-19-15-16(5-4-10-22-13-11-21(2)12-14-22)6-9-18(19)25-20(23)17-7-8-17/h6,9,15,17H,3-5,7-8,10-14H2,1-2H3. The summed E-state index contributed by atoms with van der Waals surface area (Å²) in [6.07, 6.45) is 4.06. The van der Waals surface area contributed by atoms with Crippen molar-refractivity contribution in [3.63, 3.8) is 0 Å². The minimum Gasteiger partial charge on any atom is -0.490 e. The number of benzene rings is 1. The van der Waals surface area contributed by atoms with Crippen LogP contribution in [0.15, 0.2) is 18.2 Å². The molecule has 25 heavy (non-hydrogen) atoms. The maximum Gasteiger partial charge on any atom is 0.314 e. The first-order valence-electron chi connectivity index (χ1n) is 9.54. The molecule has 138 valence electrons. The van der Waals surface area contributed by atoms with E-state index in [-0.39, 0.29) is 11.9 Å². The Morgan fingerprint density at radius 1 is 1.16 bits per heavy atom. The van der Waals surface area contributed by atoms with Crippen molar-refractivity contribution in [1.29, 1.82) is 0 Å². The number of carbonyl (C=O) groups excluding carboxylic acids is 1. The molecule has 2 aliphatic rings. The van der Waals surface area contributed by atoms with Gasteiger partial charge in [0.2, 0.25) is 0 Å². The van der Waals surface area contributed by atoms with Crippen molar-refractivity contribution in [2.45, 2.75) is 32.6 Å². The lowest BCUT2D eigenvalue weighted by Gasteiger charge is -2.32. The van der Waals surface area contributed by atoms with Gasteiger partial charge in [0, 0.05) is 26.2 Å². The van der Waals surface area contributed by atoms with Crippen LogP contribution in [0, 0.1) is 5.92 Å². The molecular formula is C20H30N2O3. The molecular weight excluding hydrogens is 316 g/mol. The summed E-state index contributed by atoms with van der Waals surface area (Å²) < 4.78 is 11.2. The Kier molecular flexibility index (Phi) is 6.32. The monoisotopic (exact) mass is 346 g/mol. The molecule has 0 bridgehead atoms. The van der Waals surface area contributed by atoms with Gasteiger partial charge in [-0.2, -0.15) is 0 Å². The van der Waals surface area contributed by atoms with Gasteiger partial charge in [-0.3, -0.25) is 4.79 Å². The van der Waals surface area contributed by atoms with E-state index in [9.17, 15) is 4.79 Å². The Bertz CT molecular complexity index is 578. The average Bonchev–Trinajstić information content (AvgIpc) is 3.44. The van der Waals surface area contributed by atoms with E-state index in [1.807, 2.05) is 19.1 Å². The van der Waals surface area contributed by atoms with Gasteiger partial charge < -0.3 is 19.3 Å². The van der Waals surface area contributed by atoms with Crippen LogP contribution in [0.1, 0.15) is 31.7 Å². The van der Waals surface area contributed by atoms with E-state index in [1.54, 1.807) is 0 Å². The Balaban J connectivity index is 1.52. The van der Waals surface area contributed by atoms with E-state index in [0.717, 1.165) is 58.4 Å². The van der Waals surface area contributed by atoms with Crippen molar-refractivity contribution in [3.05, 3.63) is 23.8 Å². The molecule has 0 amide bonds. The predicted octanol–water partition coefficient (Wildman–Crippen LogP) is 2.58. The van der Waals surface area contributed by atoms with Crippen LogP contribution < -0.4 is 9.47 Å². The van der Waals surface area contributed by atoms with Gasteiger partial charge in [0.15, 0.2) is 11.5 Å². The zero-order chi connectivity index (χ0) is 17.6. The molecule has 5 heteroatoms. The molecule has 2 fully saturated rings. The van der Waals surface area contributed by atoms with Crippen LogP contribution in [0.2, 0.25) is 0 Å². The van der Waals surface area contributed by atoms with Crippen molar-refractivity contribution in [2.75, 3.05) is 46.4 Å². The molecule has 1 aromatic carbocycles. The zero-order valence-corrected chi connectivity index (χ0v) is 15.5. The number of ether oxygens (including phenoxy) is 2. The third-order valence-electron chi connectivity index (χ3n) is 4.96. The summed E-state index contributed by atoms with van der Waals surface area (Å²) in [5, 5.41) is 0. The van der Waals surface area contributed by atoms with E-state index >= 15 is 0 Å². The summed E-state index contributed by atoms with van der Waals surface area (Å²) in [6.45, 7) is 8.31. The van der Waals surface area contributed by atoms with Gasteiger partial charge in [0.05, 0.1) is 12.5 Å². The lowest BCUT2D eigenvalue weighted by atomic mass is 10.1. The Morgan fingerprint density at radius 2 is 1.92 bits per heavy atom. The van der Waals surface area contributed by atoms with Gasteiger partial charge in [-0.15, -0.1) is 0 Å². The van der Waals surface area contributed by atoms with Crippen LogP contribution >= 0.6 is 0 Å². The summed E-state index contributed by atoms with van der Waals surface area (Å²) >= 11 is 0. The number of nitrogens with zero attached hydrogens (tertiary/aromatic N) is 2. The fourth-order valence-corrected chi connectivity index (χ4v) is 3.15. The van der Waals surface area contributed by atoms with Gasteiger partial charge in [-0.05, 0) is 63.9 Å². The maximum atomic E-state index is 11.9.